The summed E-state index contributed by atoms with van der Waals surface area (Å²) in [6.45, 7) is 0. The number of nitrogens with one attached hydrogen (secondary N) is 2. The van der Waals surface area contributed by atoms with Gasteiger partial charge in [0.2, 0.25) is 0 Å². The molecule has 0 spiro atoms. The predicted octanol–water partition coefficient (Wildman–Crippen LogP) is 4.51. The number of hydrogen-bond acceptors (Lipinski definition) is 4. The molecule has 3 aromatic rings. The summed E-state index contributed by atoms with van der Waals surface area (Å²) in [4.78, 5) is 38.8. The molecule has 0 fully saturated rings. The lowest BCUT2D eigenvalue weighted by molar-refractivity contribution is -0.120. The van der Waals surface area contributed by atoms with E-state index < -0.39 is 23.5 Å². The van der Waals surface area contributed by atoms with Crippen molar-refractivity contribution in [1.82, 2.24) is 0 Å². The summed E-state index contributed by atoms with van der Waals surface area (Å²) in [5, 5.41) is 5.26. The molecule has 6 nitrogen and oxygen atoms in total. The molecule has 154 valence electrons. The molecular formula is C23H15ClFN3O3. The van der Waals surface area contributed by atoms with Gasteiger partial charge in [0.05, 0.1) is 5.69 Å². The molecule has 3 aromatic carbocycles. The van der Waals surface area contributed by atoms with Crippen LogP contribution in [0.3, 0.4) is 0 Å². The molecule has 0 unspecified atom stereocenters. The maximum absolute atomic E-state index is 13.0. The summed E-state index contributed by atoms with van der Waals surface area (Å²) in [6.07, 6.45) is 0. The number of imide groups is 1. The minimum atomic E-state index is -0.634. The summed E-state index contributed by atoms with van der Waals surface area (Å²) in [5.74, 6) is -2.06. The first-order valence-corrected chi connectivity index (χ1v) is 9.59. The molecule has 0 radical (unpaired) electrons. The Hall–Kier alpha value is -3.97. The first kappa shape index (κ1) is 20.3. The van der Waals surface area contributed by atoms with Crippen molar-refractivity contribution in [2.75, 3.05) is 15.5 Å². The van der Waals surface area contributed by atoms with Gasteiger partial charge in [-0.2, -0.15) is 0 Å². The second kappa shape index (κ2) is 8.41. The first-order valence-electron chi connectivity index (χ1n) is 9.21. The normalized spacial score (nSPS) is 13.5. The van der Waals surface area contributed by atoms with Crippen LogP contribution in [0.4, 0.5) is 21.5 Å². The van der Waals surface area contributed by atoms with Crippen LogP contribution in [-0.4, -0.2) is 17.7 Å². The topological polar surface area (TPSA) is 78.5 Å². The van der Waals surface area contributed by atoms with Crippen molar-refractivity contribution < 1.29 is 18.8 Å². The summed E-state index contributed by atoms with van der Waals surface area (Å²) < 4.78 is 13.0. The van der Waals surface area contributed by atoms with E-state index >= 15 is 0 Å². The number of para-hydroxylation sites is 1. The zero-order valence-corrected chi connectivity index (χ0v) is 16.7. The van der Waals surface area contributed by atoms with Gasteiger partial charge >= 0.3 is 0 Å². The molecule has 1 aliphatic rings. The van der Waals surface area contributed by atoms with Crippen molar-refractivity contribution in [2.45, 2.75) is 0 Å². The predicted molar refractivity (Wildman–Crippen MR) is 116 cm³/mol. The monoisotopic (exact) mass is 435 g/mol. The standard InChI is InChI=1S/C23H15ClFN3O3/c24-19-20(23(31)28(22(19)30)18-7-2-1-3-8-18)26-17-6-4-5-14(13-17)21(29)27-16-11-9-15(25)10-12-16/h1-13,26H,(H,27,29). The molecule has 0 saturated carbocycles. The van der Waals surface area contributed by atoms with E-state index in [4.69, 9.17) is 11.6 Å². The summed E-state index contributed by atoms with van der Waals surface area (Å²) in [5.41, 5.74) is 1.45. The minimum absolute atomic E-state index is 0.0772. The number of amides is 3. The zero-order chi connectivity index (χ0) is 22.0. The van der Waals surface area contributed by atoms with Gasteiger partial charge in [0.1, 0.15) is 16.5 Å². The smallest absolute Gasteiger partial charge is 0.283 e. The van der Waals surface area contributed by atoms with Crippen LogP contribution >= 0.6 is 11.6 Å². The lowest BCUT2D eigenvalue weighted by Crippen LogP contribution is -2.32. The van der Waals surface area contributed by atoms with Crippen LogP contribution in [0.2, 0.25) is 0 Å². The second-order valence-electron chi connectivity index (χ2n) is 6.64. The average molecular weight is 436 g/mol. The molecule has 0 saturated heterocycles. The van der Waals surface area contributed by atoms with Gasteiger partial charge in [-0.05, 0) is 54.6 Å². The highest BCUT2D eigenvalue weighted by atomic mass is 35.5. The van der Waals surface area contributed by atoms with E-state index in [2.05, 4.69) is 10.6 Å². The van der Waals surface area contributed by atoms with Crippen molar-refractivity contribution >= 4 is 46.4 Å². The fourth-order valence-electron chi connectivity index (χ4n) is 3.04. The van der Waals surface area contributed by atoms with Crippen LogP contribution in [0.25, 0.3) is 0 Å². The van der Waals surface area contributed by atoms with Crippen molar-refractivity contribution in [1.29, 1.82) is 0 Å². The zero-order valence-electron chi connectivity index (χ0n) is 15.9. The summed E-state index contributed by atoms with van der Waals surface area (Å²) in [7, 11) is 0. The molecule has 1 heterocycles. The van der Waals surface area contributed by atoms with Crippen LogP contribution in [0.15, 0.2) is 89.6 Å². The molecule has 31 heavy (non-hydrogen) atoms. The molecule has 1 aliphatic heterocycles. The second-order valence-corrected chi connectivity index (χ2v) is 7.02. The van der Waals surface area contributed by atoms with Crippen molar-refractivity contribution in [2.24, 2.45) is 0 Å². The number of benzene rings is 3. The average Bonchev–Trinajstić information content (AvgIpc) is 2.99. The van der Waals surface area contributed by atoms with Crippen LogP contribution < -0.4 is 15.5 Å². The maximum atomic E-state index is 13.0. The fourth-order valence-corrected chi connectivity index (χ4v) is 3.25. The van der Waals surface area contributed by atoms with E-state index in [-0.39, 0.29) is 10.7 Å². The highest BCUT2D eigenvalue weighted by molar-refractivity contribution is 6.53. The van der Waals surface area contributed by atoms with Gasteiger partial charge in [-0.15, -0.1) is 0 Å². The van der Waals surface area contributed by atoms with Crippen LogP contribution in [0, 0.1) is 5.82 Å². The molecule has 3 amide bonds. The molecule has 8 heteroatoms. The fraction of sp³-hybridized carbons (Fsp3) is 0. The van der Waals surface area contributed by atoms with E-state index in [0.29, 0.717) is 22.6 Å². The third-order valence-corrected chi connectivity index (χ3v) is 4.89. The Bertz CT molecular complexity index is 1210. The van der Waals surface area contributed by atoms with E-state index in [1.165, 1.54) is 30.3 Å². The minimum Gasteiger partial charge on any atom is -0.350 e. The van der Waals surface area contributed by atoms with Gasteiger partial charge in [-0.25, -0.2) is 9.29 Å². The van der Waals surface area contributed by atoms with Gasteiger partial charge in [0.25, 0.3) is 17.7 Å². The quantitative estimate of drug-likeness (QED) is 0.578. The van der Waals surface area contributed by atoms with E-state index in [9.17, 15) is 18.8 Å². The lowest BCUT2D eigenvalue weighted by atomic mass is 10.1. The van der Waals surface area contributed by atoms with Gasteiger partial charge < -0.3 is 10.6 Å². The van der Waals surface area contributed by atoms with Crippen LogP contribution in [-0.2, 0) is 9.59 Å². The molecule has 0 aromatic heterocycles. The van der Waals surface area contributed by atoms with Gasteiger partial charge in [-0.1, -0.05) is 35.9 Å². The molecule has 4 rings (SSSR count). The Balaban J connectivity index is 1.53. The van der Waals surface area contributed by atoms with E-state index in [0.717, 1.165) is 4.90 Å². The highest BCUT2D eigenvalue weighted by Gasteiger charge is 2.38. The number of nitrogens with zero attached hydrogens (tertiary/aromatic N) is 1. The van der Waals surface area contributed by atoms with Crippen molar-refractivity contribution in [3.63, 3.8) is 0 Å². The van der Waals surface area contributed by atoms with Gasteiger partial charge in [0.15, 0.2) is 0 Å². The molecule has 0 bridgehead atoms. The SMILES string of the molecule is O=C(Nc1ccc(F)cc1)c1cccc(NC2=C(Cl)C(=O)N(c3ccccc3)C2=O)c1. The number of anilines is 3. The Morgan fingerprint density at radius 1 is 0.839 bits per heavy atom. The number of halogens is 2. The third-order valence-electron chi connectivity index (χ3n) is 4.54. The van der Waals surface area contributed by atoms with Crippen molar-refractivity contribution in [3.05, 3.63) is 101 Å². The first-order chi connectivity index (χ1) is 14.9. The largest absolute Gasteiger partial charge is 0.350 e. The van der Waals surface area contributed by atoms with E-state index in [1.54, 1.807) is 48.5 Å². The summed E-state index contributed by atoms with van der Waals surface area (Å²) >= 11 is 6.14. The Morgan fingerprint density at radius 2 is 1.55 bits per heavy atom. The Kier molecular flexibility index (Phi) is 5.51. The molecule has 0 atom stereocenters. The number of carbonyl (C=O) groups is 3. The van der Waals surface area contributed by atoms with E-state index in [1.807, 2.05) is 0 Å². The lowest BCUT2D eigenvalue weighted by Gasteiger charge is -2.15. The number of carbonyl (C=O) groups excluding carboxylic acids is 3. The van der Waals surface area contributed by atoms with Crippen LogP contribution in [0.1, 0.15) is 10.4 Å². The van der Waals surface area contributed by atoms with Crippen molar-refractivity contribution in [3.8, 4) is 0 Å². The summed E-state index contributed by atoms with van der Waals surface area (Å²) in [6, 6.07) is 20.2. The number of hydrogen-bond donors (Lipinski definition) is 2. The third kappa shape index (κ3) is 4.17. The Labute approximate surface area is 181 Å². The Morgan fingerprint density at radius 3 is 2.26 bits per heavy atom. The van der Waals surface area contributed by atoms with Gasteiger partial charge in [-0.3, -0.25) is 14.4 Å². The molecule has 0 aliphatic carbocycles. The molecular weight excluding hydrogens is 421 g/mol. The highest BCUT2D eigenvalue weighted by Crippen LogP contribution is 2.30. The van der Waals surface area contributed by atoms with Crippen LogP contribution in [0.5, 0.6) is 0 Å². The van der Waals surface area contributed by atoms with Gasteiger partial charge in [0, 0.05) is 16.9 Å². The molecule has 2 N–H and O–H groups in total. The maximum Gasteiger partial charge on any atom is 0.283 e. The number of rotatable bonds is 5.